The van der Waals surface area contributed by atoms with Crippen molar-refractivity contribution in [2.45, 2.75) is 18.9 Å². The fourth-order valence-electron chi connectivity index (χ4n) is 3.03. The zero-order chi connectivity index (χ0) is 17.3. The number of benzene rings is 1. The summed E-state index contributed by atoms with van der Waals surface area (Å²) in [6, 6.07) is 4.91. The Morgan fingerprint density at radius 3 is 3.00 bits per heavy atom. The maximum Gasteiger partial charge on any atom is 0.404 e. The number of carbonyl (C=O) groups is 1. The van der Waals surface area contributed by atoms with E-state index in [-0.39, 0.29) is 11.6 Å². The number of carboxylic acid groups (broad SMARTS) is 1. The normalized spacial score (nSPS) is 17.4. The largest absolute Gasteiger partial charge is 0.465 e. The van der Waals surface area contributed by atoms with Crippen molar-refractivity contribution in [1.82, 2.24) is 15.0 Å². The number of fused-ring (bicyclic) bond motifs is 1. The van der Waals surface area contributed by atoms with E-state index in [1.165, 1.54) is 4.68 Å². The van der Waals surface area contributed by atoms with Gasteiger partial charge in [0.15, 0.2) is 0 Å². The molecule has 1 aliphatic rings. The van der Waals surface area contributed by atoms with E-state index in [0.717, 1.165) is 0 Å². The first-order valence-corrected chi connectivity index (χ1v) is 8.04. The van der Waals surface area contributed by atoms with Crippen LogP contribution in [0.2, 0.25) is 5.02 Å². The number of nitrogens with two attached hydrogens (primary N) is 1. The predicted molar refractivity (Wildman–Crippen MR) is 91.3 cm³/mol. The van der Waals surface area contributed by atoms with E-state index < -0.39 is 6.09 Å². The molecule has 2 heterocycles. The number of nitrogens with zero attached hydrogens (tertiary/aromatic N) is 3. The molecule has 3 rings (SSSR count). The fourth-order valence-corrected chi connectivity index (χ4v) is 3.28. The molecule has 2 aromatic rings. The van der Waals surface area contributed by atoms with Crippen molar-refractivity contribution in [3.05, 3.63) is 39.4 Å². The van der Waals surface area contributed by atoms with E-state index in [9.17, 15) is 9.59 Å². The van der Waals surface area contributed by atoms with E-state index in [0.29, 0.717) is 54.2 Å². The van der Waals surface area contributed by atoms with Crippen LogP contribution in [0.1, 0.15) is 12.2 Å². The van der Waals surface area contributed by atoms with E-state index in [4.69, 9.17) is 22.4 Å². The Bertz CT molecular complexity index is 838. The van der Waals surface area contributed by atoms with E-state index in [1.807, 2.05) is 0 Å². The zero-order valence-corrected chi connectivity index (χ0v) is 13.7. The molecule has 1 amide bonds. The number of halogens is 1. The lowest BCUT2D eigenvalue weighted by atomic mass is 10.2. The van der Waals surface area contributed by atoms with Gasteiger partial charge in [-0.3, -0.25) is 4.79 Å². The summed E-state index contributed by atoms with van der Waals surface area (Å²) in [6.45, 7) is 1.28. The van der Waals surface area contributed by atoms with Gasteiger partial charge in [-0.05, 0) is 25.1 Å². The molecule has 1 saturated heterocycles. The predicted octanol–water partition coefficient (Wildman–Crippen LogP) is 0.529. The fraction of sp³-hybridized carbons (Fsp3) is 0.400. The van der Waals surface area contributed by atoms with Crippen LogP contribution >= 0.6 is 11.6 Å². The second-order valence-corrected chi connectivity index (χ2v) is 6.07. The Morgan fingerprint density at radius 1 is 1.50 bits per heavy atom. The lowest BCUT2D eigenvalue weighted by Gasteiger charge is -2.24. The van der Waals surface area contributed by atoms with Crippen LogP contribution in [0.15, 0.2) is 23.0 Å². The molecule has 1 atom stereocenters. The van der Waals surface area contributed by atoms with Crippen molar-refractivity contribution in [2.75, 3.05) is 24.6 Å². The molecule has 0 spiro atoms. The van der Waals surface area contributed by atoms with Gasteiger partial charge in [-0.15, -0.1) is 0 Å². The Kier molecular flexibility index (Phi) is 4.59. The molecular formula is C15H18ClN5O3. The molecule has 0 bridgehead atoms. The SMILES string of the molecule is NCCc1nc2cccc(Cl)c2c(=O)n1N1CC[C@H](NC(=O)O)C1. The third-order valence-corrected chi connectivity index (χ3v) is 4.35. The second-order valence-electron chi connectivity index (χ2n) is 5.67. The highest BCUT2D eigenvalue weighted by Crippen LogP contribution is 2.20. The molecule has 0 unspecified atom stereocenters. The van der Waals surface area contributed by atoms with E-state index in [1.54, 1.807) is 23.2 Å². The third kappa shape index (κ3) is 3.02. The van der Waals surface area contributed by atoms with Gasteiger partial charge in [-0.25, -0.2) is 14.5 Å². The maximum absolute atomic E-state index is 13.0. The summed E-state index contributed by atoms with van der Waals surface area (Å²) >= 11 is 6.18. The highest BCUT2D eigenvalue weighted by atomic mass is 35.5. The first-order valence-electron chi connectivity index (χ1n) is 7.66. The van der Waals surface area contributed by atoms with Crippen molar-refractivity contribution in [1.29, 1.82) is 0 Å². The first-order chi connectivity index (χ1) is 11.5. The summed E-state index contributed by atoms with van der Waals surface area (Å²) in [6.07, 6.45) is -0.0249. The molecule has 0 saturated carbocycles. The smallest absolute Gasteiger partial charge is 0.404 e. The number of nitrogens with one attached hydrogen (secondary N) is 1. The minimum atomic E-state index is -1.07. The van der Waals surface area contributed by atoms with Crippen LogP contribution < -0.4 is 21.6 Å². The van der Waals surface area contributed by atoms with Gasteiger partial charge >= 0.3 is 6.09 Å². The Balaban J connectivity index is 2.07. The zero-order valence-electron chi connectivity index (χ0n) is 12.9. The summed E-state index contributed by atoms with van der Waals surface area (Å²) in [4.78, 5) is 28.3. The van der Waals surface area contributed by atoms with Crippen molar-refractivity contribution in [2.24, 2.45) is 5.73 Å². The van der Waals surface area contributed by atoms with E-state index >= 15 is 0 Å². The molecule has 0 aliphatic carbocycles. The molecule has 9 heteroatoms. The van der Waals surface area contributed by atoms with Crippen LogP contribution in [-0.4, -0.2) is 46.5 Å². The minimum Gasteiger partial charge on any atom is -0.465 e. The molecule has 1 fully saturated rings. The summed E-state index contributed by atoms with van der Waals surface area (Å²) in [5, 5.41) is 13.8. The lowest BCUT2D eigenvalue weighted by Crippen LogP contribution is -2.46. The highest BCUT2D eigenvalue weighted by Gasteiger charge is 2.27. The molecule has 128 valence electrons. The third-order valence-electron chi connectivity index (χ3n) is 4.04. The molecule has 1 aromatic heterocycles. The van der Waals surface area contributed by atoms with Gasteiger partial charge in [-0.1, -0.05) is 17.7 Å². The molecule has 1 aromatic carbocycles. The van der Waals surface area contributed by atoms with Crippen LogP contribution in [0.25, 0.3) is 10.9 Å². The summed E-state index contributed by atoms with van der Waals surface area (Å²) in [5.74, 6) is 0.549. The van der Waals surface area contributed by atoms with Crippen molar-refractivity contribution in [3.8, 4) is 0 Å². The molecular weight excluding hydrogens is 334 g/mol. The number of rotatable bonds is 4. The molecule has 1 aliphatic heterocycles. The standard InChI is InChI=1S/C15H18ClN5O3/c16-10-2-1-3-11-13(10)14(22)21(12(19-11)4-6-17)20-7-5-9(8-20)18-15(23)24/h1-3,9,18H,4-8,17H2,(H,23,24)/t9-/m0/s1. The topological polar surface area (TPSA) is 113 Å². The van der Waals surface area contributed by atoms with Crippen LogP contribution in [0.3, 0.4) is 0 Å². The van der Waals surface area contributed by atoms with Crippen LogP contribution in [0.4, 0.5) is 4.79 Å². The van der Waals surface area contributed by atoms with Gasteiger partial charge < -0.3 is 21.2 Å². The van der Waals surface area contributed by atoms with Crippen molar-refractivity contribution >= 4 is 28.6 Å². The van der Waals surface area contributed by atoms with E-state index in [2.05, 4.69) is 10.3 Å². The van der Waals surface area contributed by atoms with Crippen LogP contribution in [0, 0.1) is 0 Å². The number of hydrogen-bond acceptors (Lipinski definition) is 5. The Hall–Kier alpha value is -2.32. The number of amides is 1. The maximum atomic E-state index is 13.0. The monoisotopic (exact) mass is 351 g/mol. The van der Waals surface area contributed by atoms with Gasteiger partial charge in [0.05, 0.1) is 28.5 Å². The van der Waals surface area contributed by atoms with Gasteiger partial charge in [0, 0.05) is 13.0 Å². The highest BCUT2D eigenvalue weighted by molar-refractivity contribution is 6.35. The van der Waals surface area contributed by atoms with Crippen LogP contribution in [-0.2, 0) is 6.42 Å². The summed E-state index contributed by atoms with van der Waals surface area (Å²) < 4.78 is 1.49. The van der Waals surface area contributed by atoms with Gasteiger partial charge in [0.1, 0.15) is 5.82 Å². The quantitative estimate of drug-likeness (QED) is 0.740. The molecule has 0 radical (unpaired) electrons. The first kappa shape index (κ1) is 16.5. The molecule has 4 N–H and O–H groups in total. The van der Waals surface area contributed by atoms with Gasteiger partial charge in [0.2, 0.25) is 0 Å². The average Bonchev–Trinajstić information content (AvgIpc) is 2.94. The lowest BCUT2D eigenvalue weighted by molar-refractivity contribution is 0.190. The van der Waals surface area contributed by atoms with Crippen molar-refractivity contribution < 1.29 is 9.90 Å². The minimum absolute atomic E-state index is 0.234. The second kappa shape index (κ2) is 6.66. The summed E-state index contributed by atoms with van der Waals surface area (Å²) in [7, 11) is 0. The Labute approximate surface area is 142 Å². The number of aromatic nitrogens is 2. The van der Waals surface area contributed by atoms with Gasteiger partial charge in [-0.2, -0.15) is 0 Å². The van der Waals surface area contributed by atoms with Crippen LogP contribution in [0.5, 0.6) is 0 Å². The molecule has 24 heavy (non-hydrogen) atoms. The van der Waals surface area contributed by atoms with Gasteiger partial charge in [0.25, 0.3) is 5.56 Å². The number of hydrogen-bond donors (Lipinski definition) is 3. The van der Waals surface area contributed by atoms with Crippen molar-refractivity contribution in [3.63, 3.8) is 0 Å². The molecule has 8 nitrogen and oxygen atoms in total. The average molecular weight is 352 g/mol. The Morgan fingerprint density at radius 2 is 2.29 bits per heavy atom. The summed E-state index contributed by atoms with van der Waals surface area (Å²) in [5.41, 5.74) is 5.93.